The zero-order valence-electron chi connectivity index (χ0n) is 25.8. The summed E-state index contributed by atoms with van der Waals surface area (Å²) in [7, 11) is 0. The number of nitriles is 2. The lowest BCUT2D eigenvalue weighted by Gasteiger charge is -2.15. The second kappa shape index (κ2) is 10.9. The van der Waals surface area contributed by atoms with Crippen molar-refractivity contribution in [3.8, 4) is 45.8 Å². The molecule has 7 aromatic carbocycles. The number of hydrogen-bond donors (Lipinski definition) is 0. The molecule has 4 nitrogen and oxygen atoms in total. The lowest BCUT2D eigenvalue weighted by atomic mass is 9.96. The van der Waals surface area contributed by atoms with Crippen molar-refractivity contribution in [2.24, 2.45) is 0 Å². The first-order valence-corrected chi connectivity index (χ1v) is 15.9. The van der Waals surface area contributed by atoms with E-state index in [1.54, 1.807) is 0 Å². The average molecular weight is 611 g/mol. The number of benzene rings is 7. The lowest BCUT2D eigenvalue weighted by Crippen LogP contribution is -1.97. The van der Waals surface area contributed by atoms with Crippen LogP contribution in [0.2, 0.25) is 0 Å². The summed E-state index contributed by atoms with van der Waals surface area (Å²) in [5.41, 5.74) is 11.8. The zero-order valence-corrected chi connectivity index (χ0v) is 25.8. The predicted octanol–water partition coefficient (Wildman–Crippen LogP) is 11.0. The summed E-state index contributed by atoms with van der Waals surface area (Å²) in [5, 5.41) is 24.5. The minimum atomic E-state index is 0.629. The minimum Gasteiger partial charge on any atom is -0.309 e. The van der Waals surface area contributed by atoms with Gasteiger partial charge in [-0.05, 0) is 71.3 Å². The van der Waals surface area contributed by atoms with Crippen LogP contribution in [0.15, 0.2) is 158 Å². The Balaban J connectivity index is 1.14. The average Bonchev–Trinajstić information content (AvgIpc) is 3.67. The van der Waals surface area contributed by atoms with Crippen molar-refractivity contribution in [2.45, 2.75) is 0 Å². The summed E-state index contributed by atoms with van der Waals surface area (Å²) in [6, 6.07) is 58.9. The molecular formula is C44H26N4. The van der Waals surface area contributed by atoms with E-state index in [9.17, 15) is 10.5 Å². The molecule has 2 heterocycles. The number of nitrogens with zero attached hydrogens (tertiary/aromatic N) is 4. The molecule has 0 aliphatic heterocycles. The number of fused-ring (bicyclic) bond motifs is 6. The van der Waals surface area contributed by atoms with Crippen LogP contribution in [0.1, 0.15) is 11.1 Å². The van der Waals surface area contributed by atoms with Gasteiger partial charge in [-0.1, -0.05) is 103 Å². The fourth-order valence-electron chi connectivity index (χ4n) is 7.26. The van der Waals surface area contributed by atoms with Gasteiger partial charge in [-0.15, -0.1) is 0 Å². The van der Waals surface area contributed by atoms with Crippen LogP contribution in [0.25, 0.3) is 77.2 Å². The summed E-state index contributed by atoms with van der Waals surface area (Å²) in [6.45, 7) is 0. The Morgan fingerprint density at radius 2 is 0.938 bits per heavy atom. The number of para-hydroxylation sites is 4. The van der Waals surface area contributed by atoms with Crippen LogP contribution in [-0.2, 0) is 0 Å². The topological polar surface area (TPSA) is 57.4 Å². The fourth-order valence-corrected chi connectivity index (χ4v) is 7.26. The summed E-state index contributed by atoms with van der Waals surface area (Å²) < 4.78 is 4.53. The van der Waals surface area contributed by atoms with E-state index >= 15 is 0 Å². The lowest BCUT2D eigenvalue weighted by molar-refractivity contribution is 1.18. The Morgan fingerprint density at radius 1 is 0.396 bits per heavy atom. The van der Waals surface area contributed by atoms with Crippen LogP contribution in [-0.4, -0.2) is 9.13 Å². The number of rotatable bonds is 4. The summed E-state index contributed by atoms with van der Waals surface area (Å²) in [5.74, 6) is 0. The summed E-state index contributed by atoms with van der Waals surface area (Å²) in [6.07, 6.45) is 0. The van der Waals surface area contributed by atoms with E-state index in [4.69, 9.17) is 0 Å². The Labute approximate surface area is 277 Å². The van der Waals surface area contributed by atoms with Crippen LogP contribution in [0.5, 0.6) is 0 Å². The van der Waals surface area contributed by atoms with Crippen LogP contribution in [0.3, 0.4) is 0 Å². The highest BCUT2D eigenvalue weighted by atomic mass is 15.0. The molecule has 0 aliphatic rings. The van der Waals surface area contributed by atoms with E-state index in [1.165, 1.54) is 10.8 Å². The quantitative estimate of drug-likeness (QED) is 0.199. The second-order valence-electron chi connectivity index (χ2n) is 12.0. The Kier molecular flexibility index (Phi) is 6.22. The van der Waals surface area contributed by atoms with Crippen molar-refractivity contribution < 1.29 is 0 Å². The van der Waals surface area contributed by atoms with Crippen molar-refractivity contribution >= 4 is 43.6 Å². The minimum absolute atomic E-state index is 0.629. The normalized spacial score (nSPS) is 11.3. The van der Waals surface area contributed by atoms with Crippen LogP contribution in [0.4, 0.5) is 0 Å². The van der Waals surface area contributed by atoms with Gasteiger partial charge < -0.3 is 9.13 Å². The Hall–Kier alpha value is -6.88. The summed E-state index contributed by atoms with van der Waals surface area (Å²) >= 11 is 0. The molecule has 0 radical (unpaired) electrons. The van der Waals surface area contributed by atoms with E-state index in [0.29, 0.717) is 11.1 Å². The van der Waals surface area contributed by atoms with E-state index < -0.39 is 0 Å². The van der Waals surface area contributed by atoms with Gasteiger partial charge in [0.1, 0.15) is 0 Å². The molecule has 0 bridgehead atoms. The van der Waals surface area contributed by atoms with Gasteiger partial charge in [0.15, 0.2) is 0 Å². The molecule has 48 heavy (non-hydrogen) atoms. The van der Waals surface area contributed by atoms with Crippen molar-refractivity contribution in [3.63, 3.8) is 0 Å². The van der Waals surface area contributed by atoms with Gasteiger partial charge in [0.05, 0.1) is 51.0 Å². The number of aromatic nitrogens is 2. The third-order valence-electron chi connectivity index (χ3n) is 9.42. The van der Waals surface area contributed by atoms with Gasteiger partial charge in [-0.2, -0.15) is 10.5 Å². The van der Waals surface area contributed by atoms with Crippen LogP contribution >= 0.6 is 0 Å². The zero-order chi connectivity index (χ0) is 32.2. The van der Waals surface area contributed by atoms with E-state index in [1.807, 2.05) is 30.3 Å². The van der Waals surface area contributed by atoms with E-state index in [-0.39, 0.29) is 0 Å². The van der Waals surface area contributed by atoms with Gasteiger partial charge in [0.2, 0.25) is 0 Å². The van der Waals surface area contributed by atoms with Gasteiger partial charge in [0.25, 0.3) is 0 Å². The molecule has 0 unspecified atom stereocenters. The molecule has 2 aromatic heterocycles. The Bertz CT molecular complexity index is 2750. The van der Waals surface area contributed by atoms with Gasteiger partial charge >= 0.3 is 0 Å². The fraction of sp³-hybridized carbons (Fsp3) is 0. The molecule has 0 fully saturated rings. The molecule has 0 N–H and O–H groups in total. The molecule has 222 valence electrons. The van der Waals surface area contributed by atoms with E-state index in [0.717, 1.165) is 66.5 Å². The molecule has 0 atom stereocenters. The standard InChI is InChI=1S/C44H26N4/c45-27-29-17-24-44-39(25-29)38-12-4-8-16-43(38)48(44)40-13-5-1-9-35(40)31-20-18-30(19-21-31)34-23-22-33(26-32(34)28-46)47-41-14-6-2-10-36(41)37-11-3-7-15-42(37)47/h1-26H. The maximum atomic E-state index is 10.3. The summed E-state index contributed by atoms with van der Waals surface area (Å²) in [4.78, 5) is 0. The molecule has 9 aromatic rings. The highest BCUT2D eigenvalue weighted by Gasteiger charge is 2.17. The number of hydrogen-bond acceptors (Lipinski definition) is 2. The molecular weight excluding hydrogens is 585 g/mol. The smallest absolute Gasteiger partial charge is 0.0998 e. The highest BCUT2D eigenvalue weighted by molar-refractivity contribution is 6.11. The van der Waals surface area contributed by atoms with E-state index in [2.05, 4.69) is 149 Å². The Morgan fingerprint density at radius 3 is 1.58 bits per heavy atom. The molecule has 0 amide bonds. The largest absolute Gasteiger partial charge is 0.309 e. The molecule has 0 saturated carbocycles. The first kappa shape index (κ1) is 27.4. The van der Waals surface area contributed by atoms with Crippen LogP contribution in [0, 0.1) is 22.7 Å². The molecule has 0 aliphatic carbocycles. The third kappa shape index (κ3) is 4.14. The van der Waals surface area contributed by atoms with Gasteiger partial charge in [0, 0.05) is 32.8 Å². The predicted molar refractivity (Wildman–Crippen MR) is 195 cm³/mol. The molecule has 0 saturated heterocycles. The van der Waals surface area contributed by atoms with Crippen molar-refractivity contribution in [1.82, 2.24) is 9.13 Å². The highest BCUT2D eigenvalue weighted by Crippen LogP contribution is 2.38. The van der Waals surface area contributed by atoms with Crippen molar-refractivity contribution in [3.05, 3.63) is 169 Å². The molecule has 0 spiro atoms. The van der Waals surface area contributed by atoms with Gasteiger partial charge in [-0.3, -0.25) is 0 Å². The maximum absolute atomic E-state index is 10.3. The second-order valence-corrected chi connectivity index (χ2v) is 12.0. The van der Waals surface area contributed by atoms with Gasteiger partial charge in [-0.25, -0.2) is 0 Å². The first-order chi connectivity index (χ1) is 23.7. The molecule has 9 rings (SSSR count). The van der Waals surface area contributed by atoms with Crippen molar-refractivity contribution in [2.75, 3.05) is 0 Å². The van der Waals surface area contributed by atoms with Crippen molar-refractivity contribution in [1.29, 1.82) is 10.5 Å². The maximum Gasteiger partial charge on any atom is 0.0998 e. The van der Waals surface area contributed by atoms with Crippen LogP contribution < -0.4 is 0 Å². The SMILES string of the molecule is N#Cc1ccc2c(c1)c1ccccc1n2-c1ccccc1-c1ccc(-c2ccc(-n3c4ccccc4c4ccccc43)cc2C#N)cc1. The monoisotopic (exact) mass is 610 g/mol. The molecule has 4 heteroatoms. The first-order valence-electron chi connectivity index (χ1n) is 15.9. The third-order valence-corrected chi connectivity index (χ3v) is 9.42.